The van der Waals surface area contributed by atoms with Crippen LogP contribution in [0.1, 0.15) is 16.0 Å². The van der Waals surface area contributed by atoms with Gasteiger partial charge in [-0.2, -0.15) is 5.10 Å². The summed E-state index contributed by atoms with van der Waals surface area (Å²) in [5.41, 5.74) is 3.72. The Kier molecular flexibility index (Phi) is 5.74. The zero-order chi connectivity index (χ0) is 20.3. The van der Waals surface area contributed by atoms with Crippen LogP contribution in [0.2, 0.25) is 0 Å². The number of ether oxygens (including phenoxy) is 2. The third-order valence-electron chi connectivity index (χ3n) is 4.30. The molecule has 0 spiro atoms. The Balaban J connectivity index is 1.74. The summed E-state index contributed by atoms with van der Waals surface area (Å²) in [5.74, 6) is 0.792. The van der Waals surface area contributed by atoms with Gasteiger partial charge in [-0.1, -0.05) is 0 Å². The van der Waals surface area contributed by atoms with Crippen LogP contribution in [0.25, 0.3) is 10.2 Å². The van der Waals surface area contributed by atoms with Crippen molar-refractivity contribution < 1.29 is 14.3 Å². The Morgan fingerprint density at radius 1 is 1.32 bits per heavy atom. The fraction of sp³-hybridized carbons (Fsp3) is 0.263. The van der Waals surface area contributed by atoms with E-state index in [4.69, 9.17) is 9.47 Å². The maximum Gasteiger partial charge on any atom is 0.262 e. The molecule has 0 aliphatic rings. The number of carbonyl (C=O) groups is 1. The Hall–Kier alpha value is -3.20. The van der Waals surface area contributed by atoms with Crippen LogP contribution in [0.3, 0.4) is 0 Å². The summed E-state index contributed by atoms with van der Waals surface area (Å²) in [6, 6.07) is 5.24. The summed E-state index contributed by atoms with van der Waals surface area (Å²) >= 11 is 1.47. The van der Waals surface area contributed by atoms with Crippen molar-refractivity contribution in [1.29, 1.82) is 0 Å². The van der Waals surface area contributed by atoms with E-state index in [-0.39, 0.29) is 12.1 Å². The number of rotatable bonds is 6. The number of nitrogens with one attached hydrogen (secondary N) is 1. The van der Waals surface area contributed by atoms with Crippen LogP contribution >= 0.6 is 11.3 Å². The second kappa shape index (κ2) is 8.22. The maximum absolute atomic E-state index is 12.6. The van der Waals surface area contributed by atoms with Crippen LogP contribution < -0.4 is 20.5 Å². The van der Waals surface area contributed by atoms with Crippen LogP contribution in [0.5, 0.6) is 11.5 Å². The first-order valence-electron chi connectivity index (χ1n) is 8.43. The molecule has 28 heavy (non-hydrogen) atoms. The van der Waals surface area contributed by atoms with Gasteiger partial charge in [0, 0.05) is 10.4 Å². The number of amides is 1. The van der Waals surface area contributed by atoms with Gasteiger partial charge in [0.05, 0.1) is 32.1 Å². The van der Waals surface area contributed by atoms with Gasteiger partial charge in [0.1, 0.15) is 22.9 Å². The normalized spacial score (nSPS) is 11.1. The minimum atomic E-state index is -0.439. The highest BCUT2D eigenvalue weighted by molar-refractivity contribution is 7.18. The number of aryl methyl sites for hydroxylation is 2. The molecule has 0 bridgehead atoms. The van der Waals surface area contributed by atoms with Gasteiger partial charge in [0.25, 0.3) is 11.5 Å². The van der Waals surface area contributed by atoms with E-state index in [2.05, 4.69) is 15.5 Å². The highest BCUT2D eigenvalue weighted by atomic mass is 32.1. The molecule has 1 N–H and O–H groups in total. The van der Waals surface area contributed by atoms with Crippen LogP contribution in [0, 0.1) is 13.8 Å². The number of nitrogens with zero attached hydrogens (tertiary/aromatic N) is 3. The molecule has 0 atom stereocenters. The average molecular weight is 400 g/mol. The summed E-state index contributed by atoms with van der Waals surface area (Å²) in [4.78, 5) is 30.8. The van der Waals surface area contributed by atoms with E-state index < -0.39 is 5.91 Å². The van der Waals surface area contributed by atoms with Crippen molar-refractivity contribution in [2.24, 2.45) is 5.10 Å². The fourth-order valence-corrected chi connectivity index (χ4v) is 3.67. The lowest BCUT2D eigenvalue weighted by Crippen LogP contribution is -2.30. The minimum absolute atomic E-state index is 0.178. The number of hydrazone groups is 1. The largest absolute Gasteiger partial charge is 0.497 e. The summed E-state index contributed by atoms with van der Waals surface area (Å²) in [5, 5.41) is 4.50. The highest BCUT2D eigenvalue weighted by Gasteiger charge is 2.13. The Bertz CT molecular complexity index is 1120. The molecule has 0 radical (unpaired) electrons. The van der Waals surface area contributed by atoms with E-state index in [9.17, 15) is 9.59 Å². The summed E-state index contributed by atoms with van der Waals surface area (Å²) in [7, 11) is 3.10. The molecule has 9 heteroatoms. The number of carbonyl (C=O) groups excluding carboxylic acids is 1. The first kappa shape index (κ1) is 19.6. The SMILES string of the molecule is COc1ccc(OC)c(C=NNC(=O)Cn2cnc3sc(C)c(C)c3c2=O)c1. The summed E-state index contributed by atoms with van der Waals surface area (Å²) in [6.07, 6.45) is 2.84. The van der Waals surface area contributed by atoms with E-state index in [1.165, 1.54) is 28.4 Å². The van der Waals surface area contributed by atoms with E-state index in [0.717, 1.165) is 10.4 Å². The lowest BCUT2D eigenvalue weighted by atomic mass is 10.2. The molecule has 3 aromatic rings. The molecule has 0 saturated carbocycles. The smallest absolute Gasteiger partial charge is 0.262 e. The molecule has 146 valence electrons. The van der Waals surface area contributed by atoms with E-state index >= 15 is 0 Å². The fourth-order valence-electron chi connectivity index (χ4n) is 2.69. The third kappa shape index (κ3) is 3.89. The molecule has 2 heterocycles. The molecule has 8 nitrogen and oxygen atoms in total. The summed E-state index contributed by atoms with van der Waals surface area (Å²) in [6.45, 7) is 3.65. The number of thiophene rings is 1. The first-order chi connectivity index (χ1) is 13.4. The molecule has 1 amide bonds. The zero-order valence-electron chi connectivity index (χ0n) is 16.0. The van der Waals surface area contributed by atoms with E-state index in [1.54, 1.807) is 32.4 Å². The van der Waals surface area contributed by atoms with Gasteiger partial charge in [-0.25, -0.2) is 10.4 Å². The number of hydrogen-bond donors (Lipinski definition) is 1. The van der Waals surface area contributed by atoms with E-state index in [0.29, 0.717) is 27.3 Å². The van der Waals surface area contributed by atoms with Crippen molar-refractivity contribution in [3.05, 3.63) is 50.9 Å². The van der Waals surface area contributed by atoms with Crippen molar-refractivity contribution in [2.75, 3.05) is 14.2 Å². The van der Waals surface area contributed by atoms with Crippen molar-refractivity contribution in [1.82, 2.24) is 15.0 Å². The second-order valence-corrected chi connectivity index (χ2v) is 7.25. The van der Waals surface area contributed by atoms with Crippen molar-refractivity contribution >= 4 is 33.7 Å². The molecular formula is C19H20N4O4S. The lowest BCUT2D eigenvalue weighted by Gasteiger charge is -2.07. The van der Waals surface area contributed by atoms with Gasteiger partial charge in [0.15, 0.2) is 0 Å². The molecule has 3 rings (SSSR count). The average Bonchev–Trinajstić information content (AvgIpc) is 2.98. The van der Waals surface area contributed by atoms with Gasteiger partial charge in [-0.3, -0.25) is 14.2 Å². The van der Waals surface area contributed by atoms with Gasteiger partial charge in [-0.15, -0.1) is 11.3 Å². The molecular weight excluding hydrogens is 380 g/mol. The van der Waals surface area contributed by atoms with Crippen LogP contribution in [-0.4, -0.2) is 35.9 Å². The predicted octanol–water partition coefficient (Wildman–Crippen LogP) is 2.24. The lowest BCUT2D eigenvalue weighted by molar-refractivity contribution is -0.121. The second-order valence-electron chi connectivity index (χ2n) is 6.04. The number of hydrogen-bond acceptors (Lipinski definition) is 7. The van der Waals surface area contributed by atoms with Crippen molar-refractivity contribution in [3.8, 4) is 11.5 Å². The zero-order valence-corrected chi connectivity index (χ0v) is 16.8. The van der Waals surface area contributed by atoms with Gasteiger partial charge < -0.3 is 9.47 Å². The van der Waals surface area contributed by atoms with Crippen LogP contribution in [0.4, 0.5) is 0 Å². The van der Waals surface area contributed by atoms with Crippen LogP contribution in [-0.2, 0) is 11.3 Å². The Labute approximate surface area is 165 Å². The molecule has 0 fully saturated rings. The monoisotopic (exact) mass is 400 g/mol. The third-order valence-corrected chi connectivity index (χ3v) is 5.41. The first-order valence-corrected chi connectivity index (χ1v) is 9.25. The standard InChI is InChI=1S/C19H20N4O4S/c1-11-12(2)28-18-17(11)19(25)23(10-20-18)9-16(24)22-21-8-13-7-14(26-3)5-6-15(13)27-4/h5-8,10H,9H2,1-4H3,(H,22,24). The van der Waals surface area contributed by atoms with Crippen molar-refractivity contribution in [3.63, 3.8) is 0 Å². The van der Waals surface area contributed by atoms with Gasteiger partial charge in [-0.05, 0) is 37.6 Å². The summed E-state index contributed by atoms with van der Waals surface area (Å²) < 4.78 is 11.7. The molecule has 1 aromatic carbocycles. The van der Waals surface area contributed by atoms with Gasteiger partial charge in [0.2, 0.25) is 0 Å². The quantitative estimate of drug-likeness (QED) is 0.506. The number of fused-ring (bicyclic) bond motifs is 1. The van der Waals surface area contributed by atoms with Gasteiger partial charge >= 0.3 is 0 Å². The molecule has 2 aromatic heterocycles. The van der Waals surface area contributed by atoms with Crippen molar-refractivity contribution in [2.45, 2.75) is 20.4 Å². The van der Waals surface area contributed by atoms with Crippen LogP contribution in [0.15, 0.2) is 34.4 Å². The number of aromatic nitrogens is 2. The number of methoxy groups -OCH3 is 2. The van der Waals surface area contributed by atoms with E-state index in [1.807, 2.05) is 13.8 Å². The minimum Gasteiger partial charge on any atom is -0.497 e. The highest BCUT2D eigenvalue weighted by Crippen LogP contribution is 2.25. The molecule has 0 aliphatic carbocycles. The predicted molar refractivity (Wildman–Crippen MR) is 109 cm³/mol. The maximum atomic E-state index is 12.6. The molecule has 0 aliphatic heterocycles. The Morgan fingerprint density at radius 2 is 2.11 bits per heavy atom. The molecule has 0 unspecified atom stereocenters. The topological polar surface area (TPSA) is 94.8 Å². The Morgan fingerprint density at radius 3 is 2.82 bits per heavy atom. The molecule has 0 saturated heterocycles. The number of benzene rings is 1.